The Balaban J connectivity index is 2.06. The van der Waals surface area contributed by atoms with Crippen LogP contribution in [0.5, 0.6) is 0 Å². The largest absolute Gasteiger partial charge is 0.343 e. The van der Waals surface area contributed by atoms with E-state index >= 15 is 0 Å². The highest BCUT2D eigenvalue weighted by Gasteiger charge is 2.36. The number of amides is 2. The van der Waals surface area contributed by atoms with Crippen molar-refractivity contribution < 1.29 is 9.59 Å². The Morgan fingerprint density at radius 1 is 1.38 bits per heavy atom. The average Bonchev–Trinajstić information content (AvgIpc) is 3.01. The van der Waals surface area contributed by atoms with E-state index < -0.39 is 0 Å². The maximum atomic E-state index is 12.5. The minimum absolute atomic E-state index is 0.0135. The van der Waals surface area contributed by atoms with Gasteiger partial charge in [-0.05, 0) is 19.2 Å². The van der Waals surface area contributed by atoms with Gasteiger partial charge in [0, 0.05) is 31.5 Å². The van der Waals surface area contributed by atoms with Crippen LogP contribution in [0.15, 0.2) is 30.3 Å². The summed E-state index contributed by atoms with van der Waals surface area (Å²) in [6.07, 6.45) is 0. The second-order valence-corrected chi connectivity index (χ2v) is 6.02. The Hall–Kier alpha value is -1.53. The maximum Gasteiger partial charge on any atom is 0.255 e. The summed E-state index contributed by atoms with van der Waals surface area (Å²) in [6.45, 7) is 1.39. The number of rotatable bonds is 5. The van der Waals surface area contributed by atoms with Crippen LogP contribution < -0.4 is 5.32 Å². The van der Waals surface area contributed by atoms with Gasteiger partial charge in [0.1, 0.15) is 6.04 Å². The SMILES string of the molecule is CNCCN(C)C(=O)C1CSCN1C(=O)c1ccccc1. The number of likely N-dealkylation sites (N-methyl/N-ethyl adjacent to an activating group) is 2. The zero-order valence-corrected chi connectivity index (χ0v) is 13.2. The molecule has 1 heterocycles. The number of benzene rings is 1. The summed E-state index contributed by atoms with van der Waals surface area (Å²) in [7, 11) is 3.64. The van der Waals surface area contributed by atoms with E-state index in [1.165, 1.54) is 0 Å². The minimum atomic E-state index is -0.357. The molecule has 6 heteroatoms. The van der Waals surface area contributed by atoms with Crippen LogP contribution in [0, 0.1) is 0 Å². The van der Waals surface area contributed by atoms with E-state index in [4.69, 9.17) is 0 Å². The minimum Gasteiger partial charge on any atom is -0.343 e. The van der Waals surface area contributed by atoms with Crippen LogP contribution in [-0.2, 0) is 4.79 Å². The second-order valence-electron chi connectivity index (χ2n) is 5.02. The van der Waals surface area contributed by atoms with E-state index in [2.05, 4.69) is 5.32 Å². The summed E-state index contributed by atoms with van der Waals surface area (Å²) >= 11 is 1.62. The van der Waals surface area contributed by atoms with Crippen molar-refractivity contribution >= 4 is 23.6 Å². The molecule has 1 aromatic carbocycles. The predicted molar refractivity (Wildman–Crippen MR) is 85.3 cm³/mol. The third-order valence-corrected chi connectivity index (χ3v) is 4.53. The van der Waals surface area contributed by atoms with Gasteiger partial charge in [-0.25, -0.2) is 0 Å². The van der Waals surface area contributed by atoms with Crippen molar-refractivity contribution in [1.82, 2.24) is 15.1 Å². The summed E-state index contributed by atoms with van der Waals surface area (Å²) < 4.78 is 0. The predicted octanol–water partition coefficient (Wildman–Crippen LogP) is 0.880. The molecule has 2 amide bonds. The Morgan fingerprint density at radius 3 is 2.76 bits per heavy atom. The monoisotopic (exact) mass is 307 g/mol. The van der Waals surface area contributed by atoms with Gasteiger partial charge in [-0.3, -0.25) is 9.59 Å². The normalized spacial score (nSPS) is 17.8. The van der Waals surface area contributed by atoms with Crippen LogP contribution in [0.25, 0.3) is 0 Å². The quantitative estimate of drug-likeness (QED) is 0.877. The molecular formula is C15H21N3O2S. The maximum absolute atomic E-state index is 12.5. The lowest BCUT2D eigenvalue weighted by Gasteiger charge is -2.27. The molecule has 1 aliphatic rings. The Bertz CT molecular complexity index is 495. The molecule has 1 aliphatic heterocycles. The average molecular weight is 307 g/mol. The fourth-order valence-electron chi connectivity index (χ4n) is 2.24. The number of carbonyl (C=O) groups is 2. The van der Waals surface area contributed by atoms with E-state index in [0.717, 1.165) is 6.54 Å². The van der Waals surface area contributed by atoms with Crippen LogP contribution in [0.3, 0.4) is 0 Å². The molecule has 0 aliphatic carbocycles. The Morgan fingerprint density at radius 2 is 2.10 bits per heavy atom. The van der Waals surface area contributed by atoms with E-state index in [-0.39, 0.29) is 17.9 Å². The van der Waals surface area contributed by atoms with Crippen molar-refractivity contribution in [2.75, 3.05) is 38.8 Å². The first-order valence-electron chi connectivity index (χ1n) is 6.98. The van der Waals surface area contributed by atoms with Crippen LogP contribution in [-0.4, -0.2) is 66.5 Å². The Kier molecular flexibility index (Phi) is 5.64. The molecule has 0 aromatic heterocycles. The number of carbonyl (C=O) groups excluding carboxylic acids is 2. The number of thioether (sulfide) groups is 1. The zero-order valence-electron chi connectivity index (χ0n) is 12.4. The highest BCUT2D eigenvalue weighted by Crippen LogP contribution is 2.24. The number of nitrogens with zero attached hydrogens (tertiary/aromatic N) is 2. The summed E-state index contributed by atoms with van der Waals surface area (Å²) in [6, 6.07) is 8.78. The van der Waals surface area contributed by atoms with Gasteiger partial charge in [0.05, 0.1) is 5.88 Å². The molecule has 114 valence electrons. The smallest absolute Gasteiger partial charge is 0.255 e. The molecule has 0 saturated carbocycles. The van der Waals surface area contributed by atoms with Crippen LogP contribution in [0.4, 0.5) is 0 Å². The van der Waals surface area contributed by atoms with E-state index in [1.54, 1.807) is 40.7 Å². The summed E-state index contributed by atoms with van der Waals surface area (Å²) in [5, 5.41) is 3.02. The number of hydrogen-bond donors (Lipinski definition) is 1. The standard InChI is InChI=1S/C15H21N3O2S/c1-16-8-9-17(2)15(20)13-10-21-11-18(13)14(19)12-6-4-3-5-7-12/h3-7,13,16H,8-11H2,1-2H3. The first kappa shape index (κ1) is 15.9. The second kappa shape index (κ2) is 7.47. The van der Waals surface area contributed by atoms with Gasteiger partial charge in [0.25, 0.3) is 5.91 Å². The molecule has 5 nitrogen and oxygen atoms in total. The van der Waals surface area contributed by atoms with Crippen molar-refractivity contribution in [2.24, 2.45) is 0 Å². The molecule has 0 spiro atoms. The molecule has 1 aromatic rings. The van der Waals surface area contributed by atoms with Gasteiger partial charge in [0.15, 0.2) is 0 Å². The van der Waals surface area contributed by atoms with Gasteiger partial charge >= 0.3 is 0 Å². The third-order valence-electron chi connectivity index (χ3n) is 3.52. The van der Waals surface area contributed by atoms with Gasteiger partial charge < -0.3 is 15.1 Å². The first-order chi connectivity index (χ1) is 10.1. The third kappa shape index (κ3) is 3.77. The van der Waals surface area contributed by atoms with Crippen molar-refractivity contribution in [3.05, 3.63) is 35.9 Å². The molecule has 21 heavy (non-hydrogen) atoms. The number of hydrogen-bond acceptors (Lipinski definition) is 4. The van der Waals surface area contributed by atoms with Crippen molar-refractivity contribution in [3.63, 3.8) is 0 Å². The van der Waals surface area contributed by atoms with E-state index in [9.17, 15) is 9.59 Å². The lowest BCUT2D eigenvalue weighted by molar-refractivity contribution is -0.133. The summed E-state index contributed by atoms with van der Waals surface area (Å²) in [5.41, 5.74) is 0.635. The molecular weight excluding hydrogens is 286 g/mol. The Labute approximate surface area is 129 Å². The van der Waals surface area contributed by atoms with Gasteiger partial charge in [-0.1, -0.05) is 18.2 Å². The molecule has 1 fully saturated rings. The van der Waals surface area contributed by atoms with Crippen molar-refractivity contribution in [3.8, 4) is 0 Å². The highest BCUT2D eigenvalue weighted by molar-refractivity contribution is 7.99. The van der Waals surface area contributed by atoms with Gasteiger partial charge in [0.2, 0.25) is 5.91 Å². The van der Waals surface area contributed by atoms with E-state index in [1.807, 2.05) is 25.2 Å². The van der Waals surface area contributed by atoms with E-state index in [0.29, 0.717) is 23.7 Å². The highest BCUT2D eigenvalue weighted by atomic mass is 32.2. The lowest BCUT2D eigenvalue weighted by Crippen LogP contribution is -2.48. The molecule has 1 N–H and O–H groups in total. The first-order valence-corrected chi connectivity index (χ1v) is 8.14. The molecule has 2 rings (SSSR count). The molecule has 0 radical (unpaired) electrons. The molecule has 1 atom stereocenters. The lowest BCUT2D eigenvalue weighted by atomic mass is 10.1. The fourth-order valence-corrected chi connectivity index (χ4v) is 3.38. The van der Waals surface area contributed by atoms with Gasteiger partial charge in [-0.2, -0.15) is 0 Å². The summed E-state index contributed by atoms with van der Waals surface area (Å²) in [4.78, 5) is 28.4. The molecule has 0 bridgehead atoms. The number of nitrogens with one attached hydrogen (secondary N) is 1. The molecule has 1 unspecified atom stereocenters. The summed E-state index contributed by atoms with van der Waals surface area (Å²) in [5.74, 6) is 1.19. The zero-order chi connectivity index (χ0) is 15.2. The fraction of sp³-hybridized carbons (Fsp3) is 0.467. The topological polar surface area (TPSA) is 52.7 Å². The van der Waals surface area contributed by atoms with Crippen LogP contribution >= 0.6 is 11.8 Å². The van der Waals surface area contributed by atoms with Crippen LogP contribution in [0.1, 0.15) is 10.4 Å². The van der Waals surface area contributed by atoms with Crippen molar-refractivity contribution in [1.29, 1.82) is 0 Å². The van der Waals surface area contributed by atoms with Crippen LogP contribution in [0.2, 0.25) is 0 Å². The van der Waals surface area contributed by atoms with Crippen molar-refractivity contribution in [2.45, 2.75) is 6.04 Å². The molecule has 1 saturated heterocycles. The van der Waals surface area contributed by atoms with Gasteiger partial charge in [-0.15, -0.1) is 11.8 Å².